The van der Waals surface area contributed by atoms with Gasteiger partial charge in [-0.3, -0.25) is 14.4 Å². The number of carbonyl (C=O) groups excluding carboxylic acids is 4. The van der Waals surface area contributed by atoms with Gasteiger partial charge in [0, 0.05) is 73.6 Å². The SMILES string of the molecule is COC.COCC[C@H](NC=O)C(=O)N1CCC[C@H]1c1ncc(-c2cnc(-c3ncc(-c4cnc([C@@H]5CCCN5C(=O)[C@H](CCOC)NC(=O)OC)[nH]4)s3)s2)[nH]1. The zero-order valence-electron chi connectivity index (χ0n) is 31.5. The standard InChI is InChI=1S/C33H42N10O7S2.C2H6O/c1-48-12-8-19(38-18-44)31(45)42-10-4-6-23(42)27-34-14-21(39-27)25-16-36-29(51-25)30-37-17-26(52-30)22-15-35-28(40-22)24-7-5-11-43(24)32(46)20(9-13-49-2)41-33(47)50-3;1-3-2/h14-20,23-24H,4-13H2,1-3H3,(H,34,39)(H,35,40)(H,38,44)(H,41,47);1-2H3/t19-,20-,23-,24-;/m0./s1. The molecule has 0 aromatic carbocycles. The van der Waals surface area contributed by atoms with Gasteiger partial charge in [-0.15, -0.1) is 22.7 Å². The van der Waals surface area contributed by atoms with Crippen LogP contribution in [-0.4, -0.2) is 138 Å². The number of ether oxygens (including phenoxy) is 4. The van der Waals surface area contributed by atoms with Gasteiger partial charge < -0.3 is 49.3 Å². The molecule has 6 rings (SSSR count). The highest BCUT2D eigenvalue weighted by Gasteiger charge is 2.37. The van der Waals surface area contributed by atoms with Crippen molar-refractivity contribution in [2.75, 3.05) is 61.9 Å². The van der Waals surface area contributed by atoms with E-state index in [-0.39, 0.29) is 23.9 Å². The first-order chi connectivity index (χ1) is 26.8. The summed E-state index contributed by atoms with van der Waals surface area (Å²) >= 11 is 2.95. The number of rotatable bonds is 16. The van der Waals surface area contributed by atoms with Gasteiger partial charge in [-0.2, -0.15) is 0 Å². The Morgan fingerprint density at radius 2 is 1.25 bits per heavy atom. The monoisotopic (exact) mass is 800 g/mol. The largest absolute Gasteiger partial charge is 0.453 e. The molecule has 20 heteroatoms. The van der Waals surface area contributed by atoms with Crippen molar-refractivity contribution >= 4 is 47.0 Å². The van der Waals surface area contributed by atoms with Crippen molar-refractivity contribution < 1.29 is 38.1 Å². The van der Waals surface area contributed by atoms with Crippen LogP contribution in [0.25, 0.3) is 31.2 Å². The Labute approximate surface area is 326 Å². The smallest absolute Gasteiger partial charge is 0.407 e. The minimum absolute atomic E-state index is 0.151. The van der Waals surface area contributed by atoms with Gasteiger partial charge in [0.05, 0.1) is 52.7 Å². The lowest BCUT2D eigenvalue weighted by atomic mass is 10.1. The van der Waals surface area contributed by atoms with Crippen LogP contribution in [0.4, 0.5) is 4.79 Å². The fraction of sp³-hybridized carbons (Fsp3) is 0.543. The van der Waals surface area contributed by atoms with E-state index in [2.05, 4.69) is 45.3 Å². The van der Waals surface area contributed by atoms with Gasteiger partial charge in [-0.1, -0.05) is 0 Å². The van der Waals surface area contributed by atoms with Crippen LogP contribution >= 0.6 is 22.7 Å². The Balaban J connectivity index is 0.00000187. The van der Waals surface area contributed by atoms with E-state index >= 15 is 0 Å². The highest BCUT2D eigenvalue weighted by molar-refractivity contribution is 7.24. The predicted octanol–water partition coefficient (Wildman–Crippen LogP) is 3.55. The minimum atomic E-state index is -0.777. The third-order valence-electron chi connectivity index (χ3n) is 9.18. The fourth-order valence-corrected chi connectivity index (χ4v) is 8.37. The first kappa shape index (κ1) is 41.4. The van der Waals surface area contributed by atoms with E-state index in [0.29, 0.717) is 57.2 Å². The molecule has 0 unspecified atom stereocenters. The zero-order chi connectivity index (χ0) is 39.3. The number of aromatic amines is 2. The number of carbonyl (C=O) groups is 4. The Bertz CT molecular complexity index is 1860. The number of hydrogen-bond acceptors (Lipinski definition) is 14. The minimum Gasteiger partial charge on any atom is -0.453 e. The number of H-pyrrole nitrogens is 2. The van der Waals surface area contributed by atoms with E-state index in [0.717, 1.165) is 56.8 Å². The van der Waals surface area contributed by atoms with E-state index < -0.39 is 18.2 Å². The molecule has 4 aromatic heterocycles. The second-order valence-corrected chi connectivity index (χ2v) is 14.9. The molecule has 4 N–H and O–H groups in total. The lowest BCUT2D eigenvalue weighted by Gasteiger charge is -2.28. The molecule has 55 heavy (non-hydrogen) atoms. The van der Waals surface area contributed by atoms with E-state index in [4.69, 9.17) is 14.2 Å². The summed E-state index contributed by atoms with van der Waals surface area (Å²) in [6, 6.07) is -1.93. The van der Waals surface area contributed by atoms with Crippen molar-refractivity contribution in [3.63, 3.8) is 0 Å². The Morgan fingerprint density at radius 3 is 1.71 bits per heavy atom. The number of likely N-dealkylation sites (tertiary alicyclic amines) is 2. The molecule has 298 valence electrons. The van der Waals surface area contributed by atoms with Gasteiger partial charge in [0.1, 0.15) is 23.7 Å². The second kappa shape index (κ2) is 20.2. The molecule has 2 aliphatic rings. The molecule has 2 fully saturated rings. The maximum atomic E-state index is 13.5. The summed E-state index contributed by atoms with van der Waals surface area (Å²) in [6.07, 6.45) is 10.8. The third-order valence-corrected chi connectivity index (χ3v) is 11.4. The number of alkyl carbamates (subject to hydrolysis) is 1. The molecule has 0 aliphatic carbocycles. The number of imidazole rings is 2. The molecular weight excluding hydrogens is 753 g/mol. The van der Waals surface area contributed by atoms with Crippen LogP contribution in [0.2, 0.25) is 0 Å². The zero-order valence-corrected chi connectivity index (χ0v) is 33.2. The van der Waals surface area contributed by atoms with Gasteiger partial charge in [0.15, 0.2) is 10.0 Å². The predicted molar refractivity (Wildman–Crippen MR) is 204 cm³/mol. The molecule has 0 spiro atoms. The Morgan fingerprint density at radius 1 is 0.782 bits per heavy atom. The number of amides is 4. The first-order valence-electron chi connectivity index (χ1n) is 17.8. The molecule has 6 heterocycles. The second-order valence-electron chi connectivity index (χ2n) is 12.8. The number of methoxy groups -OCH3 is 4. The summed E-state index contributed by atoms with van der Waals surface area (Å²) < 4.78 is 19.3. The summed E-state index contributed by atoms with van der Waals surface area (Å²) in [4.78, 5) is 80.5. The summed E-state index contributed by atoms with van der Waals surface area (Å²) in [5.74, 6) is 0.993. The van der Waals surface area contributed by atoms with Crippen LogP contribution in [0, 0.1) is 0 Å². The van der Waals surface area contributed by atoms with Gasteiger partial charge in [-0.05, 0) is 32.1 Å². The van der Waals surface area contributed by atoms with E-state index in [1.165, 1.54) is 29.8 Å². The molecule has 4 amide bonds. The van der Waals surface area contributed by atoms with Gasteiger partial charge in [-0.25, -0.2) is 24.7 Å². The van der Waals surface area contributed by atoms with E-state index in [9.17, 15) is 19.2 Å². The van der Waals surface area contributed by atoms with Crippen LogP contribution in [0.3, 0.4) is 0 Å². The molecular formula is C35H48N10O8S2. The Kier molecular flexibility index (Phi) is 15.2. The lowest BCUT2D eigenvalue weighted by Crippen LogP contribution is -2.49. The van der Waals surface area contributed by atoms with Crippen LogP contribution in [-0.2, 0) is 33.3 Å². The van der Waals surface area contributed by atoms with Crippen LogP contribution < -0.4 is 10.6 Å². The maximum Gasteiger partial charge on any atom is 0.407 e. The normalized spacial score (nSPS) is 17.7. The number of thiazole rings is 2. The highest BCUT2D eigenvalue weighted by atomic mass is 32.1. The van der Waals surface area contributed by atoms with Crippen molar-refractivity contribution in [2.24, 2.45) is 0 Å². The fourth-order valence-electron chi connectivity index (χ4n) is 6.58. The van der Waals surface area contributed by atoms with E-state index in [1.54, 1.807) is 63.0 Å². The van der Waals surface area contributed by atoms with E-state index in [1.807, 2.05) is 0 Å². The number of aromatic nitrogens is 6. The van der Waals surface area contributed by atoms with Crippen molar-refractivity contribution in [3.8, 4) is 31.2 Å². The van der Waals surface area contributed by atoms with Gasteiger partial charge >= 0.3 is 6.09 Å². The van der Waals surface area contributed by atoms with Gasteiger partial charge in [0.25, 0.3) is 0 Å². The summed E-state index contributed by atoms with van der Waals surface area (Å²) in [6.45, 7) is 1.79. The van der Waals surface area contributed by atoms with Crippen LogP contribution in [0.5, 0.6) is 0 Å². The lowest BCUT2D eigenvalue weighted by molar-refractivity contribution is -0.136. The first-order valence-corrected chi connectivity index (χ1v) is 19.5. The molecule has 0 saturated carbocycles. The van der Waals surface area contributed by atoms with Crippen LogP contribution in [0.15, 0.2) is 24.8 Å². The van der Waals surface area contributed by atoms with Crippen LogP contribution in [0.1, 0.15) is 62.3 Å². The highest BCUT2D eigenvalue weighted by Crippen LogP contribution is 2.39. The van der Waals surface area contributed by atoms with Crippen molar-refractivity contribution in [3.05, 3.63) is 36.4 Å². The summed E-state index contributed by atoms with van der Waals surface area (Å²) in [7, 11) is 7.62. The number of nitrogens with zero attached hydrogens (tertiary/aromatic N) is 6. The molecule has 0 radical (unpaired) electrons. The maximum absolute atomic E-state index is 13.5. The molecule has 4 atom stereocenters. The van der Waals surface area contributed by atoms with Crippen molar-refractivity contribution in [1.82, 2.24) is 50.3 Å². The molecule has 18 nitrogen and oxygen atoms in total. The quantitative estimate of drug-likeness (QED) is 0.120. The topological polar surface area (TPSA) is 219 Å². The number of hydrogen-bond donors (Lipinski definition) is 4. The average Bonchev–Trinajstić information content (AvgIpc) is 4.04. The molecule has 0 bridgehead atoms. The summed E-state index contributed by atoms with van der Waals surface area (Å²) in [5.41, 5.74) is 1.57. The van der Waals surface area contributed by atoms with Crippen molar-refractivity contribution in [2.45, 2.75) is 62.7 Å². The summed E-state index contributed by atoms with van der Waals surface area (Å²) in [5, 5.41) is 6.75. The number of nitrogens with one attached hydrogen (secondary N) is 4. The van der Waals surface area contributed by atoms with Crippen molar-refractivity contribution in [1.29, 1.82) is 0 Å². The molecule has 2 aliphatic heterocycles. The van der Waals surface area contributed by atoms with Gasteiger partial charge in [0.2, 0.25) is 18.2 Å². The average molecular weight is 801 g/mol. The molecule has 2 saturated heterocycles. The Hall–Kier alpha value is -4.76. The third kappa shape index (κ3) is 10.1. The molecule has 4 aromatic rings.